The molecular formula is C15H24BrN3. The third-order valence-electron chi connectivity index (χ3n) is 3.76. The lowest BCUT2D eigenvalue weighted by Gasteiger charge is -2.22. The Morgan fingerprint density at radius 1 is 1.47 bits per heavy atom. The van der Waals surface area contributed by atoms with Crippen LogP contribution in [0.4, 0.5) is 0 Å². The number of allylic oxidation sites excluding steroid dienone is 1. The molecule has 1 aliphatic carbocycles. The van der Waals surface area contributed by atoms with Crippen molar-refractivity contribution in [3.63, 3.8) is 0 Å². The van der Waals surface area contributed by atoms with Gasteiger partial charge in [0.1, 0.15) is 0 Å². The van der Waals surface area contributed by atoms with E-state index in [0.29, 0.717) is 6.04 Å². The van der Waals surface area contributed by atoms with Gasteiger partial charge in [0.25, 0.3) is 0 Å². The van der Waals surface area contributed by atoms with Crippen LogP contribution in [0.2, 0.25) is 0 Å². The SMILES string of the molecule is CCCNC(CC1=CCCCC1)c1c(Br)cnn1C. The average Bonchev–Trinajstić information content (AvgIpc) is 2.75. The lowest BCUT2D eigenvalue weighted by atomic mass is 9.93. The summed E-state index contributed by atoms with van der Waals surface area (Å²) >= 11 is 3.63. The molecule has 4 heteroatoms. The van der Waals surface area contributed by atoms with Gasteiger partial charge in [0.05, 0.1) is 22.4 Å². The van der Waals surface area contributed by atoms with E-state index >= 15 is 0 Å². The first kappa shape index (κ1) is 14.8. The number of rotatable bonds is 6. The normalized spacial score (nSPS) is 17.3. The van der Waals surface area contributed by atoms with Crippen molar-refractivity contribution in [3.05, 3.63) is 28.0 Å². The fourth-order valence-electron chi connectivity index (χ4n) is 2.75. The van der Waals surface area contributed by atoms with Crippen molar-refractivity contribution in [1.29, 1.82) is 0 Å². The molecule has 3 nitrogen and oxygen atoms in total. The van der Waals surface area contributed by atoms with Crippen molar-refractivity contribution in [3.8, 4) is 0 Å². The maximum absolute atomic E-state index is 4.35. The van der Waals surface area contributed by atoms with Gasteiger partial charge in [-0.3, -0.25) is 4.68 Å². The van der Waals surface area contributed by atoms with Crippen LogP contribution in [0.15, 0.2) is 22.3 Å². The molecule has 0 aromatic carbocycles. The Labute approximate surface area is 124 Å². The van der Waals surface area contributed by atoms with Crippen LogP contribution in [0.1, 0.15) is 57.2 Å². The first-order chi connectivity index (χ1) is 9.22. The molecule has 19 heavy (non-hydrogen) atoms. The molecule has 1 N–H and O–H groups in total. The summed E-state index contributed by atoms with van der Waals surface area (Å²) in [5.41, 5.74) is 2.87. The second-order valence-electron chi connectivity index (χ2n) is 5.32. The molecule has 0 aliphatic heterocycles. The number of nitrogens with one attached hydrogen (secondary N) is 1. The molecule has 1 aromatic heterocycles. The smallest absolute Gasteiger partial charge is 0.0695 e. The standard InChI is InChI=1S/C15H24BrN3/c1-3-9-17-14(10-12-7-5-4-6-8-12)15-13(16)11-18-19(15)2/h7,11,14,17H,3-6,8-10H2,1-2H3. The number of halogens is 1. The maximum atomic E-state index is 4.35. The zero-order valence-electron chi connectivity index (χ0n) is 12.0. The summed E-state index contributed by atoms with van der Waals surface area (Å²) in [5.74, 6) is 0. The Morgan fingerprint density at radius 2 is 2.32 bits per heavy atom. The maximum Gasteiger partial charge on any atom is 0.0695 e. The van der Waals surface area contributed by atoms with Crippen molar-refractivity contribution in [1.82, 2.24) is 15.1 Å². The quantitative estimate of drug-likeness (QED) is 0.797. The summed E-state index contributed by atoms with van der Waals surface area (Å²) in [6.07, 6.45) is 11.8. The van der Waals surface area contributed by atoms with Crippen molar-refractivity contribution in [2.45, 2.75) is 51.5 Å². The monoisotopic (exact) mass is 325 g/mol. The third kappa shape index (κ3) is 3.93. The van der Waals surface area contributed by atoms with Crippen molar-refractivity contribution in [2.24, 2.45) is 7.05 Å². The Balaban J connectivity index is 2.13. The number of aryl methyl sites for hydroxylation is 1. The van der Waals surface area contributed by atoms with Gasteiger partial charge < -0.3 is 5.32 Å². The lowest BCUT2D eigenvalue weighted by molar-refractivity contribution is 0.479. The second-order valence-corrected chi connectivity index (χ2v) is 6.17. The molecule has 0 saturated carbocycles. The van der Waals surface area contributed by atoms with Gasteiger partial charge in [0.15, 0.2) is 0 Å². The highest BCUT2D eigenvalue weighted by molar-refractivity contribution is 9.10. The van der Waals surface area contributed by atoms with Gasteiger partial charge in [-0.1, -0.05) is 18.6 Å². The highest BCUT2D eigenvalue weighted by Crippen LogP contribution is 2.31. The van der Waals surface area contributed by atoms with Crippen LogP contribution >= 0.6 is 15.9 Å². The van der Waals surface area contributed by atoms with Crippen molar-refractivity contribution >= 4 is 15.9 Å². The van der Waals surface area contributed by atoms with Crippen molar-refractivity contribution in [2.75, 3.05) is 6.54 Å². The van der Waals surface area contributed by atoms with E-state index in [0.717, 1.165) is 23.9 Å². The van der Waals surface area contributed by atoms with Gasteiger partial charge in [-0.25, -0.2) is 0 Å². The summed E-state index contributed by atoms with van der Waals surface area (Å²) < 4.78 is 3.10. The molecule has 0 radical (unpaired) electrons. The number of hydrogen-bond acceptors (Lipinski definition) is 2. The summed E-state index contributed by atoms with van der Waals surface area (Å²) in [5, 5.41) is 8.02. The predicted octanol–water partition coefficient (Wildman–Crippen LogP) is 4.11. The van der Waals surface area contributed by atoms with Crippen LogP contribution in [0, 0.1) is 0 Å². The third-order valence-corrected chi connectivity index (χ3v) is 4.37. The van der Waals surface area contributed by atoms with Gasteiger partial charge in [0, 0.05) is 7.05 Å². The fourth-order valence-corrected chi connectivity index (χ4v) is 3.37. The fraction of sp³-hybridized carbons (Fsp3) is 0.667. The molecule has 1 aliphatic rings. The molecule has 0 amide bonds. The molecule has 1 heterocycles. The molecule has 1 aromatic rings. The van der Waals surface area contributed by atoms with Crippen molar-refractivity contribution < 1.29 is 0 Å². The highest BCUT2D eigenvalue weighted by atomic mass is 79.9. The van der Waals surface area contributed by atoms with E-state index in [-0.39, 0.29) is 0 Å². The van der Waals surface area contributed by atoms with Gasteiger partial charge in [-0.05, 0) is 61.0 Å². The molecular weight excluding hydrogens is 302 g/mol. The summed E-state index contributed by atoms with van der Waals surface area (Å²) in [6.45, 7) is 3.26. The van der Waals surface area contributed by atoms with Gasteiger partial charge in [0.2, 0.25) is 0 Å². The van der Waals surface area contributed by atoms with E-state index in [9.17, 15) is 0 Å². The topological polar surface area (TPSA) is 29.9 Å². The van der Waals surface area contributed by atoms with E-state index in [1.54, 1.807) is 5.57 Å². The van der Waals surface area contributed by atoms with E-state index in [2.05, 4.69) is 39.3 Å². The number of aromatic nitrogens is 2. The molecule has 0 bridgehead atoms. The van der Waals surface area contributed by atoms with Crippen LogP contribution in [0.3, 0.4) is 0 Å². The molecule has 0 spiro atoms. The van der Waals surface area contributed by atoms with Crippen LogP contribution in [0.5, 0.6) is 0 Å². The van der Waals surface area contributed by atoms with E-state index < -0.39 is 0 Å². The van der Waals surface area contributed by atoms with Gasteiger partial charge >= 0.3 is 0 Å². The first-order valence-electron chi connectivity index (χ1n) is 7.31. The molecule has 1 atom stereocenters. The van der Waals surface area contributed by atoms with E-state index in [1.807, 2.05) is 17.9 Å². The minimum Gasteiger partial charge on any atom is -0.308 e. The Bertz CT molecular complexity index is 417. The second kappa shape index (κ2) is 7.25. The number of hydrogen-bond donors (Lipinski definition) is 1. The van der Waals surface area contributed by atoms with Gasteiger partial charge in [-0.15, -0.1) is 0 Å². The molecule has 0 saturated heterocycles. The average molecular weight is 326 g/mol. The van der Waals surface area contributed by atoms with Gasteiger partial charge in [-0.2, -0.15) is 5.10 Å². The van der Waals surface area contributed by atoms with E-state index in [4.69, 9.17) is 0 Å². The molecule has 106 valence electrons. The summed E-state index contributed by atoms with van der Waals surface area (Å²) in [7, 11) is 2.02. The minimum absolute atomic E-state index is 0.367. The van der Waals surface area contributed by atoms with Crippen LogP contribution in [0.25, 0.3) is 0 Å². The number of nitrogens with zero attached hydrogens (tertiary/aromatic N) is 2. The van der Waals surface area contributed by atoms with Crippen LogP contribution < -0.4 is 5.32 Å². The zero-order valence-corrected chi connectivity index (χ0v) is 13.5. The summed E-state index contributed by atoms with van der Waals surface area (Å²) in [4.78, 5) is 0. The predicted molar refractivity (Wildman–Crippen MR) is 83.1 cm³/mol. The van der Waals surface area contributed by atoms with E-state index in [1.165, 1.54) is 31.4 Å². The molecule has 2 rings (SSSR count). The lowest BCUT2D eigenvalue weighted by Crippen LogP contribution is -2.25. The zero-order chi connectivity index (χ0) is 13.7. The molecule has 0 fully saturated rings. The van der Waals surface area contributed by atoms with Crippen LogP contribution in [-0.2, 0) is 7.05 Å². The first-order valence-corrected chi connectivity index (χ1v) is 8.10. The largest absolute Gasteiger partial charge is 0.308 e. The minimum atomic E-state index is 0.367. The Kier molecular flexibility index (Phi) is 5.64. The Hall–Kier alpha value is -0.610. The van der Waals surface area contributed by atoms with Crippen LogP contribution in [-0.4, -0.2) is 16.3 Å². The summed E-state index contributed by atoms with van der Waals surface area (Å²) in [6, 6.07) is 0.367. The molecule has 1 unspecified atom stereocenters. The highest BCUT2D eigenvalue weighted by Gasteiger charge is 2.20. The Morgan fingerprint density at radius 3 is 2.89 bits per heavy atom.